The molecule has 0 fully saturated rings. The van der Waals surface area contributed by atoms with Crippen molar-refractivity contribution < 1.29 is 19.1 Å². The molecular weight excluding hydrogens is 262 g/mol. The summed E-state index contributed by atoms with van der Waals surface area (Å²) in [6, 6.07) is -0.760. The van der Waals surface area contributed by atoms with E-state index >= 15 is 0 Å². The van der Waals surface area contributed by atoms with E-state index in [1.54, 1.807) is 20.8 Å². The number of amides is 3. The summed E-state index contributed by atoms with van der Waals surface area (Å²) in [5.41, 5.74) is 4.32. The van der Waals surface area contributed by atoms with Gasteiger partial charge in [0.2, 0.25) is 11.8 Å². The Bertz CT molecular complexity index is 361. The second-order valence-electron chi connectivity index (χ2n) is 6.01. The average molecular weight is 287 g/mol. The first kappa shape index (κ1) is 18.2. The van der Waals surface area contributed by atoms with Crippen molar-refractivity contribution in [1.82, 2.24) is 10.6 Å². The third kappa shape index (κ3) is 9.18. The van der Waals surface area contributed by atoms with E-state index in [2.05, 4.69) is 10.6 Å². The van der Waals surface area contributed by atoms with Crippen LogP contribution in [0.25, 0.3) is 0 Å². The summed E-state index contributed by atoms with van der Waals surface area (Å²) in [6.07, 6.45) is -0.235. The van der Waals surface area contributed by atoms with Gasteiger partial charge < -0.3 is 21.1 Å². The van der Waals surface area contributed by atoms with Gasteiger partial charge in [0.05, 0.1) is 6.54 Å². The Labute approximate surface area is 119 Å². The average Bonchev–Trinajstić information content (AvgIpc) is 2.21. The van der Waals surface area contributed by atoms with Gasteiger partial charge in [0, 0.05) is 0 Å². The standard InChI is InChI=1S/C13H25N3O4/c1-8(2)6-9(11(18)15-7-10(14)17)16-12(19)20-13(3,4)5/h8-9H,6-7H2,1-5H3,(H2,14,17)(H,15,18)(H,16,19)/t9-/m1/s1. The maximum atomic E-state index is 11.9. The first-order chi connectivity index (χ1) is 9.01. The van der Waals surface area contributed by atoms with Gasteiger partial charge in [0.25, 0.3) is 0 Å². The molecule has 0 heterocycles. The van der Waals surface area contributed by atoms with Crippen molar-refractivity contribution >= 4 is 17.9 Å². The maximum Gasteiger partial charge on any atom is 0.408 e. The van der Waals surface area contributed by atoms with Crippen molar-refractivity contribution in [2.75, 3.05) is 6.54 Å². The molecule has 0 unspecified atom stereocenters. The Morgan fingerprint density at radius 2 is 1.75 bits per heavy atom. The van der Waals surface area contributed by atoms with Crippen LogP contribution in [0.1, 0.15) is 41.0 Å². The topological polar surface area (TPSA) is 111 Å². The van der Waals surface area contributed by atoms with Gasteiger partial charge in [0.15, 0.2) is 0 Å². The summed E-state index contributed by atoms with van der Waals surface area (Å²) in [5, 5.41) is 4.88. The van der Waals surface area contributed by atoms with E-state index in [-0.39, 0.29) is 12.5 Å². The van der Waals surface area contributed by atoms with Crippen LogP contribution in [0.5, 0.6) is 0 Å². The lowest BCUT2D eigenvalue weighted by Gasteiger charge is -2.24. The summed E-state index contributed by atoms with van der Waals surface area (Å²) in [5.74, 6) is -0.906. The van der Waals surface area contributed by atoms with Crippen LogP contribution in [0, 0.1) is 5.92 Å². The molecule has 0 radical (unpaired) electrons. The van der Waals surface area contributed by atoms with Gasteiger partial charge in [-0.15, -0.1) is 0 Å². The number of carbonyl (C=O) groups is 3. The van der Waals surface area contributed by atoms with Gasteiger partial charge in [-0.1, -0.05) is 13.8 Å². The van der Waals surface area contributed by atoms with E-state index in [9.17, 15) is 14.4 Å². The summed E-state index contributed by atoms with van der Waals surface area (Å²) >= 11 is 0. The van der Waals surface area contributed by atoms with Crippen LogP contribution in [0.15, 0.2) is 0 Å². The van der Waals surface area contributed by atoms with Crippen molar-refractivity contribution in [2.45, 2.75) is 52.7 Å². The quantitative estimate of drug-likeness (QED) is 0.661. The van der Waals surface area contributed by atoms with E-state index in [0.717, 1.165) is 0 Å². The van der Waals surface area contributed by atoms with Crippen molar-refractivity contribution in [3.05, 3.63) is 0 Å². The van der Waals surface area contributed by atoms with Gasteiger partial charge in [0.1, 0.15) is 11.6 Å². The number of alkyl carbamates (subject to hydrolysis) is 1. The number of hydrogen-bond acceptors (Lipinski definition) is 4. The van der Waals surface area contributed by atoms with E-state index < -0.39 is 29.6 Å². The molecule has 0 rings (SSSR count). The van der Waals surface area contributed by atoms with Crippen LogP contribution in [-0.2, 0) is 14.3 Å². The Morgan fingerprint density at radius 1 is 1.20 bits per heavy atom. The fourth-order valence-corrected chi connectivity index (χ4v) is 1.45. The molecule has 4 N–H and O–H groups in total. The first-order valence-corrected chi connectivity index (χ1v) is 6.56. The molecule has 0 saturated heterocycles. The highest BCUT2D eigenvalue weighted by Gasteiger charge is 2.25. The zero-order chi connectivity index (χ0) is 15.9. The highest BCUT2D eigenvalue weighted by molar-refractivity contribution is 5.89. The largest absolute Gasteiger partial charge is 0.444 e. The normalized spacial score (nSPS) is 12.7. The van der Waals surface area contributed by atoms with E-state index in [1.807, 2.05) is 13.8 Å². The van der Waals surface area contributed by atoms with Gasteiger partial charge in [-0.3, -0.25) is 9.59 Å². The Balaban J connectivity index is 4.59. The number of nitrogens with one attached hydrogen (secondary N) is 2. The number of rotatable bonds is 6. The molecule has 7 heteroatoms. The monoisotopic (exact) mass is 287 g/mol. The second kappa shape index (κ2) is 7.72. The van der Waals surface area contributed by atoms with E-state index in [0.29, 0.717) is 6.42 Å². The van der Waals surface area contributed by atoms with Crippen molar-refractivity contribution in [3.63, 3.8) is 0 Å². The molecule has 0 aromatic heterocycles. The van der Waals surface area contributed by atoms with E-state index in [4.69, 9.17) is 10.5 Å². The zero-order valence-electron chi connectivity index (χ0n) is 12.8. The molecule has 7 nitrogen and oxygen atoms in total. The minimum atomic E-state index is -0.760. The van der Waals surface area contributed by atoms with E-state index in [1.165, 1.54) is 0 Å². The molecule has 0 bridgehead atoms. The van der Waals surface area contributed by atoms with Crippen LogP contribution >= 0.6 is 0 Å². The molecule has 0 saturated carbocycles. The van der Waals surface area contributed by atoms with Crippen LogP contribution in [-0.4, -0.2) is 36.1 Å². The van der Waals surface area contributed by atoms with Crippen molar-refractivity contribution in [2.24, 2.45) is 11.7 Å². The fourth-order valence-electron chi connectivity index (χ4n) is 1.45. The lowest BCUT2D eigenvalue weighted by Crippen LogP contribution is -2.50. The number of primary amides is 1. The number of carbonyl (C=O) groups excluding carboxylic acids is 3. The summed E-state index contributed by atoms with van der Waals surface area (Å²) < 4.78 is 5.10. The highest BCUT2D eigenvalue weighted by atomic mass is 16.6. The maximum absolute atomic E-state index is 11.9. The predicted octanol–water partition coefficient (Wildman–Crippen LogP) is 0.527. The molecule has 0 aliphatic carbocycles. The SMILES string of the molecule is CC(C)C[C@@H](NC(=O)OC(C)(C)C)C(=O)NCC(N)=O. The Morgan fingerprint density at radius 3 is 2.15 bits per heavy atom. The molecule has 0 aromatic carbocycles. The van der Waals surface area contributed by atoms with Crippen LogP contribution < -0.4 is 16.4 Å². The number of nitrogens with two attached hydrogens (primary N) is 1. The van der Waals surface area contributed by atoms with Crippen LogP contribution in [0.4, 0.5) is 4.79 Å². The molecule has 20 heavy (non-hydrogen) atoms. The Kier molecular flexibility index (Phi) is 7.02. The molecular formula is C13H25N3O4. The third-order valence-corrected chi connectivity index (χ3v) is 2.15. The van der Waals surface area contributed by atoms with Gasteiger partial charge in [-0.2, -0.15) is 0 Å². The van der Waals surface area contributed by atoms with Crippen LogP contribution in [0.2, 0.25) is 0 Å². The molecule has 116 valence electrons. The molecule has 3 amide bonds. The molecule has 1 atom stereocenters. The third-order valence-electron chi connectivity index (χ3n) is 2.15. The van der Waals surface area contributed by atoms with Gasteiger partial charge in [-0.25, -0.2) is 4.79 Å². The van der Waals surface area contributed by atoms with Gasteiger partial charge in [-0.05, 0) is 33.1 Å². The minimum absolute atomic E-state index is 0.189. The number of hydrogen-bond donors (Lipinski definition) is 3. The lowest BCUT2D eigenvalue weighted by atomic mass is 10.0. The lowest BCUT2D eigenvalue weighted by molar-refractivity contribution is -0.126. The molecule has 0 aliphatic heterocycles. The summed E-state index contributed by atoms with van der Waals surface area (Å²) in [6.45, 7) is 8.78. The fraction of sp³-hybridized carbons (Fsp3) is 0.769. The minimum Gasteiger partial charge on any atom is -0.444 e. The summed E-state index contributed by atoms with van der Waals surface area (Å²) in [7, 11) is 0. The zero-order valence-corrected chi connectivity index (χ0v) is 12.8. The van der Waals surface area contributed by atoms with Crippen molar-refractivity contribution in [3.8, 4) is 0 Å². The molecule has 0 aliphatic rings. The van der Waals surface area contributed by atoms with Crippen LogP contribution in [0.3, 0.4) is 0 Å². The van der Waals surface area contributed by atoms with Gasteiger partial charge >= 0.3 is 6.09 Å². The Hall–Kier alpha value is -1.79. The second-order valence-corrected chi connectivity index (χ2v) is 6.01. The first-order valence-electron chi connectivity index (χ1n) is 6.56. The van der Waals surface area contributed by atoms with Crippen molar-refractivity contribution in [1.29, 1.82) is 0 Å². The number of ether oxygens (including phenoxy) is 1. The highest BCUT2D eigenvalue weighted by Crippen LogP contribution is 2.09. The molecule has 0 aromatic rings. The summed E-state index contributed by atoms with van der Waals surface area (Å²) in [4.78, 5) is 34.2. The molecule has 0 spiro atoms. The smallest absolute Gasteiger partial charge is 0.408 e. The predicted molar refractivity (Wildman–Crippen MR) is 74.8 cm³/mol.